The standard InChI is InChI=1S/C11H7BrCl2FN3/c1-5-4-16-11(14)18-10(5)17-9-7(12)2-6(15)3-8(9)13/h2-4H,1H3,(H,16,17,18). The van der Waals surface area contributed by atoms with Crippen LogP contribution in [0.5, 0.6) is 0 Å². The summed E-state index contributed by atoms with van der Waals surface area (Å²) < 4.78 is 13.6. The van der Waals surface area contributed by atoms with Crippen LogP contribution in [0.4, 0.5) is 15.9 Å². The summed E-state index contributed by atoms with van der Waals surface area (Å²) in [6.45, 7) is 1.82. The largest absolute Gasteiger partial charge is 0.338 e. The molecular formula is C11H7BrCl2FN3. The van der Waals surface area contributed by atoms with E-state index in [1.165, 1.54) is 12.1 Å². The molecule has 0 saturated carbocycles. The van der Waals surface area contributed by atoms with E-state index in [4.69, 9.17) is 23.2 Å². The molecule has 0 bridgehead atoms. The fourth-order valence-corrected chi connectivity index (χ4v) is 2.36. The minimum Gasteiger partial charge on any atom is -0.338 e. The molecule has 0 aliphatic carbocycles. The van der Waals surface area contributed by atoms with Gasteiger partial charge in [0.2, 0.25) is 5.28 Å². The monoisotopic (exact) mass is 349 g/mol. The van der Waals surface area contributed by atoms with Crippen molar-refractivity contribution in [2.24, 2.45) is 0 Å². The van der Waals surface area contributed by atoms with Crippen LogP contribution in [-0.4, -0.2) is 9.97 Å². The number of aryl methyl sites for hydroxylation is 1. The quantitative estimate of drug-likeness (QED) is 0.795. The molecule has 0 atom stereocenters. The Labute approximate surface area is 121 Å². The highest BCUT2D eigenvalue weighted by atomic mass is 79.9. The molecule has 1 aromatic heterocycles. The topological polar surface area (TPSA) is 37.8 Å². The van der Waals surface area contributed by atoms with Crippen molar-refractivity contribution in [2.75, 3.05) is 5.32 Å². The van der Waals surface area contributed by atoms with Gasteiger partial charge in [0.25, 0.3) is 0 Å². The van der Waals surface area contributed by atoms with Gasteiger partial charge in [-0.15, -0.1) is 0 Å². The van der Waals surface area contributed by atoms with Crippen molar-refractivity contribution >= 4 is 50.6 Å². The molecule has 0 saturated heterocycles. The molecule has 0 aliphatic heterocycles. The first kappa shape index (κ1) is 13.5. The Morgan fingerprint density at radius 2 is 2.06 bits per heavy atom. The number of anilines is 2. The number of aromatic nitrogens is 2. The van der Waals surface area contributed by atoms with E-state index in [-0.39, 0.29) is 10.3 Å². The Kier molecular flexibility index (Phi) is 4.04. The fraction of sp³-hybridized carbons (Fsp3) is 0.0909. The molecule has 2 rings (SSSR count). The summed E-state index contributed by atoms with van der Waals surface area (Å²) in [6, 6.07) is 2.53. The number of halogens is 4. The van der Waals surface area contributed by atoms with E-state index in [0.29, 0.717) is 16.0 Å². The summed E-state index contributed by atoms with van der Waals surface area (Å²) in [5.41, 5.74) is 1.32. The van der Waals surface area contributed by atoms with Crippen LogP contribution in [0.15, 0.2) is 22.8 Å². The Balaban J connectivity index is 2.43. The van der Waals surface area contributed by atoms with Crippen LogP contribution in [0, 0.1) is 12.7 Å². The second-order valence-corrected chi connectivity index (χ2v) is 5.14. The van der Waals surface area contributed by atoms with Crippen molar-refractivity contribution in [1.82, 2.24) is 9.97 Å². The summed E-state index contributed by atoms with van der Waals surface area (Å²) in [5.74, 6) is 0.0964. The third-order valence-corrected chi connectivity index (χ3v) is 3.30. The van der Waals surface area contributed by atoms with Gasteiger partial charge in [-0.1, -0.05) is 11.6 Å². The number of rotatable bonds is 2. The second-order valence-electron chi connectivity index (χ2n) is 3.54. The maximum Gasteiger partial charge on any atom is 0.224 e. The lowest BCUT2D eigenvalue weighted by atomic mass is 10.3. The number of benzene rings is 1. The minimum atomic E-state index is -0.421. The van der Waals surface area contributed by atoms with Gasteiger partial charge in [0.1, 0.15) is 11.6 Å². The third-order valence-electron chi connectivity index (χ3n) is 2.19. The maximum atomic E-state index is 13.1. The normalized spacial score (nSPS) is 10.5. The first-order chi connectivity index (χ1) is 8.47. The molecule has 1 aromatic carbocycles. The van der Waals surface area contributed by atoms with E-state index >= 15 is 0 Å². The number of hydrogen-bond donors (Lipinski definition) is 1. The summed E-state index contributed by atoms with van der Waals surface area (Å²) in [4.78, 5) is 7.89. The van der Waals surface area contributed by atoms with Crippen molar-refractivity contribution in [1.29, 1.82) is 0 Å². The molecule has 1 N–H and O–H groups in total. The number of hydrogen-bond acceptors (Lipinski definition) is 3. The van der Waals surface area contributed by atoms with E-state index in [0.717, 1.165) is 5.56 Å². The van der Waals surface area contributed by atoms with Gasteiger partial charge >= 0.3 is 0 Å². The Hall–Kier alpha value is -0.910. The van der Waals surface area contributed by atoms with Gasteiger partial charge in [-0.2, -0.15) is 0 Å². The van der Waals surface area contributed by atoms with Crippen LogP contribution in [0.25, 0.3) is 0 Å². The molecule has 0 radical (unpaired) electrons. The molecule has 18 heavy (non-hydrogen) atoms. The highest BCUT2D eigenvalue weighted by molar-refractivity contribution is 9.10. The van der Waals surface area contributed by atoms with Gasteiger partial charge in [0.05, 0.1) is 10.7 Å². The van der Waals surface area contributed by atoms with Gasteiger partial charge in [-0.3, -0.25) is 0 Å². The first-order valence-electron chi connectivity index (χ1n) is 4.88. The lowest BCUT2D eigenvalue weighted by Crippen LogP contribution is -2.00. The molecule has 0 aliphatic rings. The fourth-order valence-electron chi connectivity index (χ4n) is 1.33. The lowest BCUT2D eigenvalue weighted by molar-refractivity contribution is 0.627. The van der Waals surface area contributed by atoms with Crippen molar-refractivity contribution in [3.63, 3.8) is 0 Å². The SMILES string of the molecule is Cc1cnc(Cl)nc1Nc1c(Cl)cc(F)cc1Br. The summed E-state index contributed by atoms with van der Waals surface area (Å²) in [6.07, 6.45) is 1.59. The summed E-state index contributed by atoms with van der Waals surface area (Å²) >= 11 is 14.9. The van der Waals surface area contributed by atoms with Crippen molar-refractivity contribution in [3.8, 4) is 0 Å². The van der Waals surface area contributed by atoms with Crippen LogP contribution in [0.2, 0.25) is 10.3 Å². The highest BCUT2D eigenvalue weighted by Gasteiger charge is 2.11. The first-order valence-corrected chi connectivity index (χ1v) is 6.43. The van der Waals surface area contributed by atoms with Crippen molar-refractivity contribution in [2.45, 2.75) is 6.92 Å². The van der Waals surface area contributed by atoms with Crippen molar-refractivity contribution in [3.05, 3.63) is 44.5 Å². The van der Waals surface area contributed by atoms with Gasteiger partial charge in [-0.05, 0) is 46.6 Å². The Bertz CT molecular complexity index is 584. The average Bonchev–Trinajstić information content (AvgIpc) is 2.28. The zero-order valence-corrected chi connectivity index (χ0v) is 12.2. The van der Waals surface area contributed by atoms with Crippen LogP contribution in [0.3, 0.4) is 0 Å². The summed E-state index contributed by atoms with van der Waals surface area (Å²) in [7, 11) is 0. The van der Waals surface area contributed by atoms with Crippen LogP contribution in [-0.2, 0) is 0 Å². The number of nitrogens with zero attached hydrogens (tertiary/aromatic N) is 2. The van der Waals surface area contributed by atoms with Gasteiger partial charge in [-0.25, -0.2) is 14.4 Å². The lowest BCUT2D eigenvalue weighted by Gasteiger charge is -2.11. The van der Waals surface area contributed by atoms with Gasteiger partial charge in [0, 0.05) is 16.2 Å². The molecule has 2 aromatic rings. The predicted molar refractivity (Wildman–Crippen MR) is 74.2 cm³/mol. The van der Waals surface area contributed by atoms with Gasteiger partial charge < -0.3 is 5.32 Å². The molecule has 1 heterocycles. The highest BCUT2D eigenvalue weighted by Crippen LogP contribution is 2.34. The Morgan fingerprint density at radius 3 is 2.72 bits per heavy atom. The van der Waals surface area contributed by atoms with Crippen LogP contribution in [0.1, 0.15) is 5.56 Å². The molecular weight excluding hydrogens is 344 g/mol. The zero-order valence-electron chi connectivity index (χ0n) is 9.14. The molecule has 7 heteroatoms. The van der Waals surface area contributed by atoms with E-state index in [1.54, 1.807) is 6.20 Å². The van der Waals surface area contributed by atoms with E-state index < -0.39 is 5.82 Å². The van der Waals surface area contributed by atoms with Crippen molar-refractivity contribution < 1.29 is 4.39 Å². The second kappa shape index (κ2) is 5.38. The minimum absolute atomic E-state index is 0.123. The molecule has 0 spiro atoms. The molecule has 94 valence electrons. The summed E-state index contributed by atoms with van der Waals surface area (Å²) in [5, 5.41) is 3.36. The van der Waals surface area contributed by atoms with E-state index in [9.17, 15) is 4.39 Å². The number of nitrogens with one attached hydrogen (secondary N) is 1. The third kappa shape index (κ3) is 2.91. The predicted octanol–water partition coefficient (Wildman–Crippen LogP) is 4.74. The maximum absolute atomic E-state index is 13.1. The molecule has 0 amide bonds. The molecule has 0 fully saturated rings. The van der Waals surface area contributed by atoms with Crippen LogP contribution >= 0.6 is 39.1 Å². The molecule has 3 nitrogen and oxygen atoms in total. The molecule has 0 unspecified atom stereocenters. The average molecular weight is 351 g/mol. The van der Waals surface area contributed by atoms with Gasteiger partial charge in [0.15, 0.2) is 0 Å². The zero-order chi connectivity index (χ0) is 13.3. The Morgan fingerprint density at radius 1 is 1.33 bits per heavy atom. The van der Waals surface area contributed by atoms with Crippen LogP contribution < -0.4 is 5.32 Å². The van der Waals surface area contributed by atoms with E-state index in [1.807, 2.05) is 6.92 Å². The van der Waals surface area contributed by atoms with E-state index in [2.05, 4.69) is 31.2 Å². The smallest absolute Gasteiger partial charge is 0.224 e.